The number of furan rings is 1. The van der Waals surface area contributed by atoms with E-state index in [1.54, 1.807) is 0 Å². The second-order valence-corrected chi connectivity index (χ2v) is 4.29. The Hall–Kier alpha value is -1.73. The predicted octanol–water partition coefficient (Wildman–Crippen LogP) is 2.89. The van der Waals surface area contributed by atoms with Gasteiger partial charge < -0.3 is 15.3 Å². The minimum Gasteiger partial charge on any atom is -0.479 e. The number of benzene rings is 1. The molecular formula is C11H7ClF3NO3. The zero-order valence-electron chi connectivity index (χ0n) is 9.16. The molecule has 102 valence electrons. The van der Waals surface area contributed by atoms with E-state index < -0.39 is 23.4 Å². The van der Waals surface area contributed by atoms with Gasteiger partial charge in [-0.2, -0.15) is 13.2 Å². The molecule has 0 aliphatic heterocycles. The Morgan fingerprint density at radius 2 is 2.00 bits per heavy atom. The molecule has 4 nitrogen and oxygen atoms in total. The van der Waals surface area contributed by atoms with Crippen LogP contribution in [0.25, 0.3) is 11.0 Å². The van der Waals surface area contributed by atoms with Crippen LogP contribution in [0.2, 0.25) is 5.02 Å². The van der Waals surface area contributed by atoms with Crippen LogP contribution in [-0.4, -0.2) is 17.3 Å². The van der Waals surface area contributed by atoms with Crippen molar-refractivity contribution in [1.29, 1.82) is 0 Å². The molecule has 2 rings (SSSR count). The quantitative estimate of drug-likeness (QED) is 0.892. The summed E-state index contributed by atoms with van der Waals surface area (Å²) in [5.74, 6) is -3.18. The van der Waals surface area contributed by atoms with Crippen molar-refractivity contribution in [3.63, 3.8) is 0 Å². The smallest absolute Gasteiger partial charge is 0.424 e. The van der Waals surface area contributed by atoms with Gasteiger partial charge in [0.2, 0.25) is 0 Å². The molecule has 0 bridgehead atoms. The van der Waals surface area contributed by atoms with E-state index in [1.807, 2.05) is 0 Å². The molecular weight excluding hydrogens is 287 g/mol. The number of para-hydroxylation sites is 1. The van der Waals surface area contributed by atoms with Gasteiger partial charge >= 0.3 is 12.1 Å². The number of carboxylic acids is 1. The van der Waals surface area contributed by atoms with E-state index in [-0.39, 0.29) is 16.0 Å². The maximum Gasteiger partial charge on any atom is 0.424 e. The van der Waals surface area contributed by atoms with Crippen LogP contribution >= 0.6 is 11.6 Å². The predicted molar refractivity (Wildman–Crippen MR) is 60.8 cm³/mol. The second-order valence-electron chi connectivity index (χ2n) is 3.88. The zero-order valence-corrected chi connectivity index (χ0v) is 9.92. The Bertz CT molecular complexity index is 652. The fraction of sp³-hybridized carbons (Fsp3) is 0.182. The number of hydrogen-bond donors (Lipinski definition) is 2. The zero-order chi connectivity index (χ0) is 14.4. The fourth-order valence-electron chi connectivity index (χ4n) is 1.59. The third-order valence-electron chi connectivity index (χ3n) is 2.67. The molecule has 0 aliphatic rings. The van der Waals surface area contributed by atoms with Gasteiger partial charge in [0.25, 0.3) is 5.54 Å². The van der Waals surface area contributed by atoms with Gasteiger partial charge in [-0.15, -0.1) is 0 Å². The average Bonchev–Trinajstić information content (AvgIpc) is 2.71. The summed E-state index contributed by atoms with van der Waals surface area (Å²) in [4.78, 5) is 10.9. The van der Waals surface area contributed by atoms with Crippen LogP contribution in [0.4, 0.5) is 13.2 Å². The van der Waals surface area contributed by atoms with E-state index in [2.05, 4.69) is 0 Å². The first-order valence-electron chi connectivity index (χ1n) is 4.95. The Labute approximate surface area is 109 Å². The molecule has 3 N–H and O–H groups in total. The SMILES string of the molecule is NC(C(=O)O)(c1cc2cccc(Cl)c2o1)C(F)(F)F. The summed E-state index contributed by atoms with van der Waals surface area (Å²) in [5.41, 5.74) is 1.33. The number of carbonyl (C=O) groups is 1. The highest BCUT2D eigenvalue weighted by Gasteiger charge is 2.62. The van der Waals surface area contributed by atoms with E-state index in [1.165, 1.54) is 18.2 Å². The molecule has 0 aliphatic carbocycles. The monoisotopic (exact) mass is 293 g/mol. The molecule has 0 spiro atoms. The molecule has 1 unspecified atom stereocenters. The van der Waals surface area contributed by atoms with Gasteiger partial charge in [0, 0.05) is 5.39 Å². The Kier molecular flexibility index (Phi) is 2.98. The summed E-state index contributed by atoms with van der Waals surface area (Å²) in [5, 5.41) is 9.08. The number of rotatable bonds is 2. The molecule has 1 heterocycles. The summed E-state index contributed by atoms with van der Waals surface area (Å²) in [6.07, 6.45) is -5.21. The molecule has 1 aromatic carbocycles. The molecule has 19 heavy (non-hydrogen) atoms. The summed E-state index contributed by atoms with van der Waals surface area (Å²) >= 11 is 5.75. The molecule has 0 fully saturated rings. The normalized spacial score (nSPS) is 15.4. The van der Waals surface area contributed by atoms with Crippen molar-refractivity contribution in [2.45, 2.75) is 11.7 Å². The van der Waals surface area contributed by atoms with Crippen molar-refractivity contribution < 1.29 is 27.5 Å². The van der Waals surface area contributed by atoms with E-state index >= 15 is 0 Å². The van der Waals surface area contributed by atoms with Gasteiger partial charge in [0.15, 0.2) is 5.58 Å². The van der Waals surface area contributed by atoms with Crippen molar-refractivity contribution in [2.75, 3.05) is 0 Å². The lowest BCUT2D eigenvalue weighted by Crippen LogP contribution is -2.56. The van der Waals surface area contributed by atoms with Crippen molar-refractivity contribution in [3.05, 3.63) is 35.0 Å². The summed E-state index contributed by atoms with van der Waals surface area (Å²) in [6, 6.07) is 5.26. The van der Waals surface area contributed by atoms with E-state index in [0.717, 1.165) is 6.07 Å². The Morgan fingerprint density at radius 3 is 2.47 bits per heavy atom. The van der Waals surface area contributed by atoms with Crippen LogP contribution in [0.5, 0.6) is 0 Å². The maximum absolute atomic E-state index is 12.9. The van der Waals surface area contributed by atoms with Crippen molar-refractivity contribution >= 4 is 28.5 Å². The second kappa shape index (κ2) is 4.14. The van der Waals surface area contributed by atoms with Crippen molar-refractivity contribution in [2.24, 2.45) is 5.73 Å². The van der Waals surface area contributed by atoms with Gasteiger partial charge in [-0.3, -0.25) is 0 Å². The first-order valence-corrected chi connectivity index (χ1v) is 5.33. The van der Waals surface area contributed by atoms with Crippen LogP contribution in [0, 0.1) is 0 Å². The molecule has 1 aromatic heterocycles. The lowest BCUT2D eigenvalue weighted by atomic mass is 9.97. The van der Waals surface area contributed by atoms with Crippen LogP contribution in [0.1, 0.15) is 5.76 Å². The number of nitrogens with two attached hydrogens (primary N) is 1. The number of alkyl halides is 3. The third kappa shape index (κ3) is 1.95. The lowest BCUT2D eigenvalue weighted by Gasteiger charge is -2.24. The number of carboxylic acid groups (broad SMARTS) is 1. The maximum atomic E-state index is 12.9. The first kappa shape index (κ1) is 13.7. The van der Waals surface area contributed by atoms with Crippen LogP contribution in [0.3, 0.4) is 0 Å². The molecule has 0 saturated carbocycles. The van der Waals surface area contributed by atoms with Crippen molar-refractivity contribution in [1.82, 2.24) is 0 Å². The number of aliphatic carboxylic acids is 1. The minimum absolute atomic E-state index is 0.0421. The van der Waals surface area contributed by atoms with Crippen LogP contribution in [0.15, 0.2) is 28.7 Å². The van der Waals surface area contributed by atoms with Crippen molar-refractivity contribution in [3.8, 4) is 0 Å². The highest BCUT2D eigenvalue weighted by molar-refractivity contribution is 6.34. The number of halogens is 4. The van der Waals surface area contributed by atoms with Gasteiger partial charge in [0.05, 0.1) is 5.02 Å². The molecule has 0 amide bonds. The summed E-state index contributed by atoms with van der Waals surface area (Å²) in [7, 11) is 0. The minimum atomic E-state index is -5.21. The Balaban J connectivity index is 2.71. The van der Waals surface area contributed by atoms with E-state index in [0.29, 0.717) is 0 Å². The van der Waals surface area contributed by atoms with E-state index in [4.69, 9.17) is 26.9 Å². The average molecular weight is 294 g/mol. The topological polar surface area (TPSA) is 76.5 Å². The number of fused-ring (bicyclic) bond motifs is 1. The van der Waals surface area contributed by atoms with E-state index in [9.17, 15) is 18.0 Å². The van der Waals surface area contributed by atoms with Gasteiger partial charge in [-0.1, -0.05) is 23.7 Å². The van der Waals surface area contributed by atoms with Crippen LogP contribution in [-0.2, 0) is 10.3 Å². The Morgan fingerprint density at radius 1 is 1.37 bits per heavy atom. The fourth-order valence-corrected chi connectivity index (χ4v) is 1.81. The molecule has 0 radical (unpaired) electrons. The molecule has 2 aromatic rings. The van der Waals surface area contributed by atoms with Gasteiger partial charge in [0.1, 0.15) is 5.76 Å². The van der Waals surface area contributed by atoms with Gasteiger partial charge in [-0.25, -0.2) is 4.79 Å². The largest absolute Gasteiger partial charge is 0.479 e. The highest BCUT2D eigenvalue weighted by Crippen LogP contribution is 2.40. The molecule has 1 atom stereocenters. The van der Waals surface area contributed by atoms with Gasteiger partial charge in [-0.05, 0) is 12.1 Å². The lowest BCUT2D eigenvalue weighted by molar-refractivity contribution is -0.208. The molecule has 8 heteroatoms. The molecule has 0 saturated heterocycles. The summed E-state index contributed by atoms with van der Waals surface area (Å²) in [6.45, 7) is 0. The highest BCUT2D eigenvalue weighted by atomic mass is 35.5. The summed E-state index contributed by atoms with van der Waals surface area (Å²) < 4.78 is 43.5. The van der Waals surface area contributed by atoms with Crippen LogP contribution < -0.4 is 5.73 Å². The number of hydrogen-bond acceptors (Lipinski definition) is 3. The standard InChI is InChI=1S/C11H7ClF3NO3/c12-6-3-1-2-5-4-7(19-8(5)6)10(16,9(17)18)11(13,14)15/h1-4H,16H2,(H,17,18). The first-order chi connectivity index (χ1) is 8.68. The third-order valence-corrected chi connectivity index (χ3v) is 2.97.